The molecule has 1 heterocycles. The molecule has 25 heavy (non-hydrogen) atoms. The molecule has 2 amide bonds. The molecule has 0 radical (unpaired) electrons. The van der Waals surface area contributed by atoms with E-state index in [2.05, 4.69) is 20.7 Å². The van der Waals surface area contributed by atoms with Crippen LogP contribution < -0.4 is 20.7 Å². The molecule has 1 aromatic carbocycles. The molecule has 1 saturated heterocycles. The Labute approximate surface area is 146 Å². The summed E-state index contributed by atoms with van der Waals surface area (Å²) in [5.74, 6) is -0.786. The molecule has 4 N–H and O–H groups in total. The Balaban J connectivity index is 1.90. The number of anilines is 1. The molecule has 1 aliphatic rings. The maximum atomic E-state index is 12.1. The summed E-state index contributed by atoms with van der Waals surface area (Å²) in [5, 5.41) is 8.12. The first kappa shape index (κ1) is 19.3. The molecule has 138 valence electrons. The number of carbonyl (C=O) groups excluding carboxylic acids is 2. The average molecular weight is 370 g/mol. The third-order valence-electron chi connectivity index (χ3n) is 3.72. The summed E-state index contributed by atoms with van der Waals surface area (Å²) in [6, 6.07) is 5.32. The number of amides is 2. The largest absolute Gasteiger partial charge is 0.375 e. The van der Waals surface area contributed by atoms with Crippen molar-refractivity contribution in [2.45, 2.75) is 24.0 Å². The van der Waals surface area contributed by atoms with Crippen molar-refractivity contribution < 1.29 is 22.7 Å². The highest BCUT2D eigenvalue weighted by Gasteiger charge is 2.28. The van der Waals surface area contributed by atoms with Gasteiger partial charge in [-0.15, -0.1) is 0 Å². The molecular weight excluding hydrogens is 348 g/mol. The van der Waals surface area contributed by atoms with Gasteiger partial charge in [0.2, 0.25) is 21.8 Å². The molecule has 10 heteroatoms. The van der Waals surface area contributed by atoms with Gasteiger partial charge in [-0.2, -0.15) is 0 Å². The first-order chi connectivity index (χ1) is 11.8. The monoisotopic (exact) mass is 370 g/mol. The molecule has 9 nitrogen and oxygen atoms in total. The zero-order chi connectivity index (χ0) is 18.4. The van der Waals surface area contributed by atoms with E-state index in [9.17, 15) is 18.0 Å². The first-order valence-corrected chi connectivity index (χ1v) is 9.28. The number of hydrogen-bond acceptors (Lipinski definition) is 6. The van der Waals surface area contributed by atoms with Gasteiger partial charge in [0.05, 0.1) is 24.2 Å². The van der Waals surface area contributed by atoms with Crippen molar-refractivity contribution in [2.24, 2.45) is 0 Å². The number of ether oxygens (including phenoxy) is 1. The van der Waals surface area contributed by atoms with E-state index < -0.39 is 22.0 Å². The molecule has 1 aliphatic heterocycles. The topological polar surface area (TPSA) is 126 Å². The van der Waals surface area contributed by atoms with Crippen molar-refractivity contribution in [3.8, 4) is 0 Å². The highest BCUT2D eigenvalue weighted by molar-refractivity contribution is 7.89. The predicted octanol–water partition coefficient (Wildman–Crippen LogP) is -0.974. The minimum Gasteiger partial charge on any atom is -0.375 e. The normalized spacial score (nSPS) is 20.7. The van der Waals surface area contributed by atoms with Gasteiger partial charge in [0.25, 0.3) is 0 Å². The van der Waals surface area contributed by atoms with Crippen molar-refractivity contribution >= 4 is 27.5 Å². The maximum absolute atomic E-state index is 12.1. The van der Waals surface area contributed by atoms with Crippen LogP contribution in [0.15, 0.2) is 29.2 Å². The van der Waals surface area contributed by atoms with Crippen molar-refractivity contribution in [1.29, 1.82) is 0 Å². The lowest BCUT2D eigenvalue weighted by atomic mass is 10.1. The van der Waals surface area contributed by atoms with Crippen LogP contribution in [-0.4, -0.2) is 59.1 Å². The number of nitrogens with one attached hydrogen (secondary N) is 4. The van der Waals surface area contributed by atoms with Crippen molar-refractivity contribution in [1.82, 2.24) is 15.4 Å². The van der Waals surface area contributed by atoms with Gasteiger partial charge in [-0.05, 0) is 32.2 Å². The van der Waals surface area contributed by atoms with Crippen LogP contribution in [0.25, 0.3) is 0 Å². The second-order valence-corrected chi connectivity index (χ2v) is 7.40. The van der Waals surface area contributed by atoms with E-state index in [4.69, 9.17) is 4.74 Å². The van der Waals surface area contributed by atoms with E-state index in [0.29, 0.717) is 18.8 Å². The Morgan fingerprint density at radius 1 is 1.36 bits per heavy atom. The van der Waals surface area contributed by atoms with E-state index >= 15 is 0 Å². The number of carbonyl (C=O) groups is 2. The van der Waals surface area contributed by atoms with Crippen LogP contribution in [0, 0.1) is 0 Å². The molecule has 0 aliphatic carbocycles. The van der Waals surface area contributed by atoms with E-state index in [1.54, 1.807) is 13.0 Å². The quantitative estimate of drug-likeness (QED) is 0.510. The van der Waals surface area contributed by atoms with Crippen molar-refractivity contribution in [3.63, 3.8) is 0 Å². The lowest BCUT2D eigenvalue weighted by molar-refractivity contribution is -0.130. The second-order valence-electron chi connectivity index (χ2n) is 5.51. The Morgan fingerprint density at radius 2 is 2.12 bits per heavy atom. The van der Waals surface area contributed by atoms with Crippen LogP contribution in [0.3, 0.4) is 0 Å². The number of hydrogen-bond donors (Lipinski definition) is 4. The van der Waals surface area contributed by atoms with Crippen LogP contribution in [0.1, 0.15) is 6.92 Å². The van der Waals surface area contributed by atoms with E-state index in [1.165, 1.54) is 25.2 Å². The summed E-state index contributed by atoms with van der Waals surface area (Å²) in [6.45, 7) is 2.66. The molecule has 2 atom stereocenters. The standard InChI is InChI=1S/C15H22N4O5S/c1-10-14(17-6-7-24-10)15(21)18-9-13(20)19-11-4-3-5-12(8-11)25(22,23)16-2/h3-5,8,10,14,16-17H,6-7,9H2,1-2H3,(H,18,21)(H,19,20)/t10-,14+/m1/s1. The third kappa shape index (κ3) is 5.23. The summed E-state index contributed by atoms with van der Waals surface area (Å²) in [6.07, 6.45) is -0.278. The van der Waals surface area contributed by atoms with E-state index in [1.807, 2.05) is 0 Å². The van der Waals surface area contributed by atoms with Crippen molar-refractivity contribution in [2.75, 3.05) is 32.1 Å². The van der Waals surface area contributed by atoms with Crippen LogP contribution >= 0.6 is 0 Å². The van der Waals surface area contributed by atoms with Gasteiger partial charge in [0.1, 0.15) is 6.04 Å². The minimum absolute atomic E-state index is 0.0363. The fourth-order valence-corrected chi connectivity index (χ4v) is 3.14. The molecule has 0 unspecified atom stereocenters. The fraction of sp³-hybridized carbons (Fsp3) is 0.467. The smallest absolute Gasteiger partial charge is 0.243 e. The van der Waals surface area contributed by atoms with Crippen LogP contribution in [-0.2, 0) is 24.3 Å². The highest BCUT2D eigenvalue weighted by atomic mass is 32.2. The van der Waals surface area contributed by atoms with Gasteiger partial charge < -0.3 is 20.7 Å². The highest BCUT2D eigenvalue weighted by Crippen LogP contribution is 2.14. The lowest BCUT2D eigenvalue weighted by Gasteiger charge is -2.29. The molecule has 0 spiro atoms. The Bertz CT molecular complexity index is 737. The van der Waals surface area contributed by atoms with Gasteiger partial charge in [-0.25, -0.2) is 13.1 Å². The Kier molecular flexibility index (Phi) is 6.48. The summed E-state index contributed by atoms with van der Waals surface area (Å²) in [5.41, 5.74) is 0.322. The van der Waals surface area contributed by atoms with E-state index in [0.717, 1.165) is 0 Å². The fourth-order valence-electron chi connectivity index (χ4n) is 2.37. The summed E-state index contributed by atoms with van der Waals surface area (Å²) in [7, 11) is -2.29. The summed E-state index contributed by atoms with van der Waals surface area (Å²) >= 11 is 0. The number of rotatable bonds is 6. The predicted molar refractivity (Wildman–Crippen MR) is 91.5 cm³/mol. The molecule has 0 bridgehead atoms. The first-order valence-electron chi connectivity index (χ1n) is 7.79. The third-order valence-corrected chi connectivity index (χ3v) is 5.13. The van der Waals surface area contributed by atoms with Gasteiger partial charge in [0.15, 0.2) is 0 Å². The minimum atomic E-state index is -3.60. The molecule has 1 fully saturated rings. The van der Waals surface area contributed by atoms with Crippen LogP contribution in [0.4, 0.5) is 5.69 Å². The number of benzene rings is 1. The van der Waals surface area contributed by atoms with Crippen LogP contribution in [0.5, 0.6) is 0 Å². The zero-order valence-corrected chi connectivity index (χ0v) is 14.9. The average Bonchev–Trinajstić information content (AvgIpc) is 2.60. The van der Waals surface area contributed by atoms with E-state index in [-0.39, 0.29) is 23.5 Å². The second kappa shape index (κ2) is 8.39. The van der Waals surface area contributed by atoms with Gasteiger partial charge in [-0.1, -0.05) is 6.07 Å². The lowest BCUT2D eigenvalue weighted by Crippen LogP contribution is -2.56. The molecule has 2 rings (SSSR count). The maximum Gasteiger partial charge on any atom is 0.243 e. The molecule has 0 aromatic heterocycles. The Hall–Kier alpha value is -2.01. The van der Waals surface area contributed by atoms with Crippen LogP contribution in [0.2, 0.25) is 0 Å². The summed E-state index contributed by atoms with van der Waals surface area (Å²) < 4.78 is 31.1. The summed E-state index contributed by atoms with van der Waals surface area (Å²) in [4.78, 5) is 24.1. The SMILES string of the molecule is CNS(=O)(=O)c1cccc(NC(=O)CNC(=O)[C@H]2NCCO[C@@H]2C)c1. The number of sulfonamides is 1. The molecular formula is C15H22N4O5S. The van der Waals surface area contributed by atoms with Gasteiger partial charge in [0, 0.05) is 12.2 Å². The molecule has 1 aromatic rings. The van der Waals surface area contributed by atoms with Gasteiger partial charge in [-0.3, -0.25) is 9.59 Å². The van der Waals surface area contributed by atoms with Gasteiger partial charge >= 0.3 is 0 Å². The molecule has 0 saturated carbocycles. The van der Waals surface area contributed by atoms with Crippen molar-refractivity contribution in [3.05, 3.63) is 24.3 Å². The number of morpholine rings is 1. The zero-order valence-electron chi connectivity index (χ0n) is 14.0. The Morgan fingerprint density at radius 3 is 2.80 bits per heavy atom.